The molecule has 1 aliphatic carbocycles. The molecule has 0 aromatic carbocycles. The van der Waals surface area contributed by atoms with E-state index in [1.165, 1.54) is 11.3 Å². The van der Waals surface area contributed by atoms with E-state index in [1.54, 1.807) is 6.33 Å². The van der Waals surface area contributed by atoms with Gasteiger partial charge in [0.1, 0.15) is 0 Å². The number of allylic oxidation sites excluding steroid dienone is 1. The highest BCUT2D eigenvalue weighted by Crippen LogP contribution is 2.29. The Labute approximate surface area is 79.1 Å². The summed E-state index contributed by atoms with van der Waals surface area (Å²) in [6.45, 7) is 6.80. The van der Waals surface area contributed by atoms with Crippen molar-refractivity contribution in [3.63, 3.8) is 0 Å². The zero-order valence-corrected chi connectivity index (χ0v) is 8.46. The molecule has 13 heavy (non-hydrogen) atoms. The predicted octanol–water partition coefficient (Wildman–Crippen LogP) is 2.64. The van der Waals surface area contributed by atoms with E-state index >= 15 is 0 Å². The molecule has 1 aromatic rings. The molecule has 0 radical (unpaired) electrons. The number of nitrogens with one attached hydrogen (secondary N) is 1. The molecule has 2 nitrogen and oxygen atoms in total. The second kappa shape index (κ2) is 3.02. The van der Waals surface area contributed by atoms with Crippen LogP contribution in [0.1, 0.15) is 32.2 Å². The number of imidazole rings is 1. The second-order valence-electron chi connectivity index (χ2n) is 4.12. The van der Waals surface area contributed by atoms with E-state index < -0.39 is 0 Å². The summed E-state index contributed by atoms with van der Waals surface area (Å²) in [7, 11) is 0. The fraction of sp³-hybridized carbons (Fsp3) is 0.545. The van der Waals surface area contributed by atoms with Crippen molar-refractivity contribution in [2.75, 3.05) is 0 Å². The topological polar surface area (TPSA) is 28.7 Å². The van der Waals surface area contributed by atoms with Gasteiger partial charge in [-0.1, -0.05) is 19.4 Å². The third kappa shape index (κ3) is 1.41. The molecular formula is C11H16N2. The summed E-state index contributed by atoms with van der Waals surface area (Å²) in [4.78, 5) is 7.52. The third-order valence-corrected chi connectivity index (χ3v) is 3.21. The highest BCUT2D eigenvalue weighted by Gasteiger charge is 2.20. The van der Waals surface area contributed by atoms with Gasteiger partial charge < -0.3 is 4.98 Å². The minimum Gasteiger partial charge on any atom is -0.348 e. The average Bonchev–Trinajstić information content (AvgIpc) is 2.47. The second-order valence-corrected chi connectivity index (χ2v) is 4.12. The Morgan fingerprint density at radius 1 is 1.46 bits per heavy atom. The largest absolute Gasteiger partial charge is 0.348 e. The molecule has 1 aliphatic rings. The van der Waals surface area contributed by atoms with Crippen LogP contribution in [0.3, 0.4) is 0 Å². The highest BCUT2D eigenvalue weighted by atomic mass is 14.9. The van der Waals surface area contributed by atoms with E-state index in [-0.39, 0.29) is 0 Å². The molecule has 0 amide bonds. The van der Waals surface area contributed by atoms with Gasteiger partial charge in [-0.15, -0.1) is 0 Å². The lowest BCUT2D eigenvalue weighted by Gasteiger charge is -2.17. The van der Waals surface area contributed by atoms with Crippen LogP contribution in [0, 0.1) is 11.8 Å². The fourth-order valence-electron chi connectivity index (χ4n) is 1.91. The molecule has 1 aromatic heterocycles. The maximum absolute atomic E-state index is 4.30. The maximum atomic E-state index is 4.30. The van der Waals surface area contributed by atoms with Gasteiger partial charge in [0.2, 0.25) is 0 Å². The van der Waals surface area contributed by atoms with Gasteiger partial charge in [-0.25, -0.2) is 4.98 Å². The van der Waals surface area contributed by atoms with Crippen molar-refractivity contribution < 1.29 is 0 Å². The average molecular weight is 176 g/mol. The Hall–Kier alpha value is -1.05. The monoisotopic (exact) mass is 176 g/mol. The molecule has 0 spiro atoms. The minimum atomic E-state index is 0.669. The molecule has 2 atom stereocenters. The van der Waals surface area contributed by atoms with E-state index in [4.69, 9.17) is 0 Å². The number of H-pyrrole nitrogens is 1. The number of rotatable bonds is 0. The lowest BCUT2D eigenvalue weighted by molar-refractivity contribution is 0.440. The van der Waals surface area contributed by atoms with Crippen LogP contribution in [0.15, 0.2) is 11.9 Å². The molecule has 0 bridgehead atoms. The van der Waals surface area contributed by atoms with Crippen molar-refractivity contribution in [2.45, 2.75) is 27.2 Å². The third-order valence-electron chi connectivity index (χ3n) is 3.21. The van der Waals surface area contributed by atoms with Crippen molar-refractivity contribution in [3.8, 4) is 0 Å². The van der Waals surface area contributed by atoms with Crippen molar-refractivity contribution >= 4 is 6.08 Å². The standard InChI is InChI=1S/C11H16N2/c1-7-4-10-11(13-6-12-10)5-8(2)9(7)3/h4,6,8-9H,5H2,1-3H3,(H,12,13). The lowest BCUT2D eigenvalue weighted by atomic mass is 9.88. The summed E-state index contributed by atoms with van der Waals surface area (Å²) >= 11 is 0. The van der Waals surface area contributed by atoms with Crippen molar-refractivity contribution in [3.05, 3.63) is 23.3 Å². The van der Waals surface area contributed by atoms with Gasteiger partial charge in [0.15, 0.2) is 0 Å². The maximum Gasteiger partial charge on any atom is 0.0929 e. The molecule has 2 heteroatoms. The summed E-state index contributed by atoms with van der Waals surface area (Å²) in [6.07, 6.45) is 5.11. The number of hydrogen-bond acceptors (Lipinski definition) is 1. The molecule has 2 unspecified atom stereocenters. The molecule has 0 saturated carbocycles. The molecular weight excluding hydrogens is 160 g/mol. The summed E-state index contributed by atoms with van der Waals surface area (Å²) in [6, 6.07) is 0. The van der Waals surface area contributed by atoms with Crippen molar-refractivity contribution in [1.82, 2.24) is 9.97 Å². The summed E-state index contributed by atoms with van der Waals surface area (Å²) < 4.78 is 0. The van der Waals surface area contributed by atoms with Crippen molar-refractivity contribution in [2.24, 2.45) is 11.8 Å². The van der Waals surface area contributed by atoms with Crippen LogP contribution >= 0.6 is 0 Å². The van der Waals surface area contributed by atoms with E-state index in [0.29, 0.717) is 11.8 Å². The van der Waals surface area contributed by atoms with Crippen LogP contribution in [0.5, 0.6) is 0 Å². The Kier molecular flexibility index (Phi) is 1.98. The van der Waals surface area contributed by atoms with Crippen LogP contribution in [-0.2, 0) is 6.42 Å². The number of aromatic amines is 1. The first-order valence-electron chi connectivity index (χ1n) is 4.89. The van der Waals surface area contributed by atoms with Gasteiger partial charge >= 0.3 is 0 Å². The minimum absolute atomic E-state index is 0.669. The first-order chi connectivity index (χ1) is 6.18. The summed E-state index contributed by atoms with van der Waals surface area (Å²) in [5.41, 5.74) is 3.86. The Morgan fingerprint density at radius 2 is 2.23 bits per heavy atom. The zero-order chi connectivity index (χ0) is 9.42. The fourth-order valence-corrected chi connectivity index (χ4v) is 1.91. The smallest absolute Gasteiger partial charge is 0.0929 e. The number of aromatic nitrogens is 2. The van der Waals surface area contributed by atoms with Gasteiger partial charge in [0.25, 0.3) is 0 Å². The number of fused-ring (bicyclic) bond motifs is 1. The van der Waals surface area contributed by atoms with Gasteiger partial charge in [0.05, 0.1) is 12.0 Å². The Morgan fingerprint density at radius 3 is 3.00 bits per heavy atom. The molecule has 0 saturated heterocycles. The number of hydrogen-bond donors (Lipinski definition) is 1. The molecule has 1 heterocycles. The Bertz CT molecular complexity index is 336. The predicted molar refractivity (Wildman–Crippen MR) is 54.3 cm³/mol. The van der Waals surface area contributed by atoms with Crippen LogP contribution < -0.4 is 0 Å². The van der Waals surface area contributed by atoms with Gasteiger partial charge in [-0.3, -0.25) is 0 Å². The molecule has 0 aliphatic heterocycles. The molecule has 2 rings (SSSR count). The van der Waals surface area contributed by atoms with E-state index in [0.717, 1.165) is 12.1 Å². The molecule has 1 N–H and O–H groups in total. The summed E-state index contributed by atoms with van der Waals surface area (Å²) in [5.74, 6) is 1.38. The van der Waals surface area contributed by atoms with Crippen LogP contribution in [0.4, 0.5) is 0 Å². The SMILES string of the molecule is CC1=Cc2nc[nH]c2CC(C)C1C. The zero-order valence-electron chi connectivity index (χ0n) is 8.46. The number of nitrogens with zero attached hydrogens (tertiary/aromatic N) is 1. The van der Waals surface area contributed by atoms with Crippen LogP contribution in [0.25, 0.3) is 6.08 Å². The van der Waals surface area contributed by atoms with Gasteiger partial charge in [-0.2, -0.15) is 0 Å². The first-order valence-corrected chi connectivity index (χ1v) is 4.89. The lowest BCUT2D eigenvalue weighted by Crippen LogP contribution is -2.10. The van der Waals surface area contributed by atoms with E-state index in [9.17, 15) is 0 Å². The van der Waals surface area contributed by atoms with Gasteiger partial charge in [-0.05, 0) is 31.3 Å². The van der Waals surface area contributed by atoms with Gasteiger partial charge in [0, 0.05) is 5.69 Å². The Balaban J connectivity index is 2.44. The van der Waals surface area contributed by atoms with E-state index in [2.05, 4.69) is 36.8 Å². The van der Waals surface area contributed by atoms with Crippen LogP contribution in [-0.4, -0.2) is 9.97 Å². The van der Waals surface area contributed by atoms with Crippen LogP contribution in [0.2, 0.25) is 0 Å². The quantitative estimate of drug-likeness (QED) is 0.646. The molecule has 70 valence electrons. The normalized spacial score (nSPS) is 27.8. The van der Waals surface area contributed by atoms with Crippen molar-refractivity contribution in [1.29, 1.82) is 0 Å². The summed E-state index contributed by atoms with van der Waals surface area (Å²) in [5, 5.41) is 0. The van der Waals surface area contributed by atoms with E-state index in [1.807, 2.05) is 0 Å². The highest BCUT2D eigenvalue weighted by molar-refractivity contribution is 5.52. The molecule has 0 fully saturated rings. The first kappa shape index (κ1) is 8.54.